The third-order valence-corrected chi connectivity index (χ3v) is 11.6. The lowest BCUT2D eigenvalue weighted by molar-refractivity contribution is 1.02. The Morgan fingerprint density at radius 3 is 1.92 bits per heavy atom. The fourth-order valence-corrected chi connectivity index (χ4v) is 9.68. The normalized spacial score (nSPS) is 12.5. The smallest absolute Gasteiger partial charge is 0.235 e. The lowest BCUT2D eigenvalue weighted by atomic mass is 9.98. The van der Waals surface area contributed by atoms with Crippen molar-refractivity contribution in [3.05, 3.63) is 146 Å². The van der Waals surface area contributed by atoms with Gasteiger partial charge in [0.05, 0.1) is 43.5 Å². The Labute approximate surface area is 283 Å². The van der Waals surface area contributed by atoms with E-state index in [1.807, 2.05) is 0 Å². The van der Waals surface area contributed by atoms with E-state index in [-0.39, 0.29) is 0 Å². The van der Waals surface area contributed by atoms with Crippen LogP contribution in [0.4, 0.5) is 0 Å². The average Bonchev–Trinajstić information content (AvgIpc) is 3.91. The standard InChI is InChI=1S/C44H24N4S/c1-2-13-25(14-3-1)38-43-39(31-19-8-11-24-35(31)49-43)46-44(45-38)48-34-23-10-7-18-30(34)36-27-16-4-5-17-29(27)41-37(42(36)48)32-21-12-20-28-26-15-6-9-22-33(26)47(41)40(28)32/h1-24H. The molecule has 7 aromatic carbocycles. The summed E-state index contributed by atoms with van der Waals surface area (Å²) >= 11 is 1.77. The van der Waals surface area contributed by atoms with Crippen molar-refractivity contribution in [3.8, 4) is 17.2 Å². The van der Waals surface area contributed by atoms with Crippen LogP contribution in [0, 0.1) is 0 Å². The Bertz CT molecular complexity index is 3330. The van der Waals surface area contributed by atoms with E-state index in [9.17, 15) is 0 Å². The molecule has 5 heterocycles. The van der Waals surface area contributed by atoms with Crippen molar-refractivity contribution in [1.29, 1.82) is 0 Å². The van der Waals surface area contributed by atoms with Gasteiger partial charge in [-0.2, -0.15) is 0 Å². The molecule has 0 saturated heterocycles. The summed E-state index contributed by atoms with van der Waals surface area (Å²) in [5, 5.41) is 11.1. The van der Waals surface area contributed by atoms with Gasteiger partial charge in [-0.05, 0) is 23.6 Å². The number of hydrogen-bond donors (Lipinski definition) is 0. The molecule has 12 rings (SSSR count). The van der Waals surface area contributed by atoms with Crippen LogP contribution in [0.15, 0.2) is 146 Å². The number of rotatable bonds is 2. The molecule has 4 nitrogen and oxygen atoms in total. The minimum atomic E-state index is 0.687. The number of aromatic nitrogens is 4. The molecule has 226 valence electrons. The summed E-state index contributed by atoms with van der Waals surface area (Å²) in [6.45, 7) is 0. The van der Waals surface area contributed by atoms with Crippen molar-refractivity contribution in [3.63, 3.8) is 0 Å². The highest BCUT2D eigenvalue weighted by Crippen LogP contribution is 2.48. The zero-order valence-corrected chi connectivity index (χ0v) is 26.9. The van der Waals surface area contributed by atoms with Gasteiger partial charge in [-0.1, -0.05) is 127 Å². The molecule has 0 atom stereocenters. The summed E-state index contributed by atoms with van der Waals surface area (Å²) in [5.41, 5.74) is 9.01. The van der Waals surface area contributed by atoms with Crippen molar-refractivity contribution in [2.75, 3.05) is 0 Å². The van der Waals surface area contributed by atoms with Crippen LogP contribution in [0.5, 0.6) is 0 Å². The van der Waals surface area contributed by atoms with Gasteiger partial charge < -0.3 is 4.40 Å². The maximum Gasteiger partial charge on any atom is 0.235 e. The van der Waals surface area contributed by atoms with Gasteiger partial charge in [-0.15, -0.1) is 11.3 Å². The Morgan fingerprint density at radius 2 is 1.06 bits per heavy atom. The molecule has 0 spiro atoms. The lowest BCUT2D eigenvalue weighted by Crippen LogP contribution is -2.03. The van der Waals surface area contributed by atoms with Crippen LogP contribution in [0.1, 0.15) is 0 Å². The van der Waals surface area contributed by atoms with Gasteiger partial charge in [0.2, 0.25) is 5.95 Å². The third-order valence-electron chi connectivity index (χ3n) is 10.4. The van der Waals surface area contributed by atoms with Crippen molar-refractivity contribution in [2.24, 2.45) is 0 Å². The zero-order valence-electron chi connectivity index (χ0n) is 26.1. The molecule has 0 saturated carbocycles. The zero-order chi connectivity index (χ0) is 31.8. The second kappa shape index (κ2) is 9.19. The summed E-state index contributed by atoms with van der Waals surface area (Å²) < 4.78 is 7.18. The molecule has 0 unspecified atom stereocenters. The van der Waals surface area contributed by atoms with Gasteiger partial charge in [0, 0.05) is 53.4 Å². The minimum Gasteiger partial charge on any atom is -0.307 e. The van der Waals surface area contributed by atoms with Crippen molar-refractivity contribution >= 4 is 102 Å². The summed E-state index contributed by atoms with van der Waals surface area (Å²) in [6.07, 6.45) is 0. The Kier molecular flexibility index (Phi) is 4.83. The largest absolute Gasteiger partial charge is 0.307 e. The molecular formula is C44H24N4S. The highest BCUT2D eigenvalue weighted by molar-refractivity contribution is 7.26. The molecule has 5 heteroatoms. The summed E-state index contributed by atoms with van der Waals surface area (Å²) in [5.74, 6) is 0.687. The Hall–Kier alpha value is -6.30. The van der Waals surface area contributed by atoms with Crippen LogP contribution in [0.3, 0.4) is 0 Å². The molecule has 0 aliphatic heterocycles. The van der Waals surface area contributed by atoms with E-state index in [1.165, 1.54) is 64.3 Å². The van der Waals surface area contributed by atoms with Gasteiger partial charge in [-0.25, -0.2) is 9.97 Å². The van der Waals surface area contributed by atoms with Gasteiger partial charge in [0.15, 0.2) is 0 Å². The second-order valence-corrected chi connectivity index (χ2v) is 14.0. The number of thiophene rings is 1. The molecule has 0 amide bonds. The number of nitrogens with zero attached hydrogens (tertiary/aromatic N) is 4. The molecule has 0 radical (unpaired) electrons. The first kappa shape index (κ1) is 25.7. The van der Waals surface area contributed by atoms with Crippen molar-refractivity contribution in [2.45, 2.75) is 0 Å². The molecule has 5 aromatic heterocycles. The van der Waals surface area contributed by atoms with E-state index in [4.69, 9.17) is 9.97 Å². The van der Waals surface area contributed by atoms with Crippen LogP contribution >= 0.6 is 11.3 Å². The van der Waals surface area contributed by atoms with Gasteiger partial charge in [0.25, 0.3) is 0 Å². The lowest BCUT2D eigenvalue weighted by Gasteiger charge is -2.12. The maximum absolute atomic E-state index is 5.51. The number of hydrogen-bond acceptors (Lipinski definition) is 3. The fourth-order valence-electron chi connectivity index (χ4n) is 8.52. The molecule has 0 bridgehead atoms. The van der Waals surface area contributed by atoms with Crippen LogP contribution in [0.2, 0.25) is 0 Å². The van der Waals surface area contributed by atoms with Gasteiger partial charge in [-0.3, -0.25) is 4.57 Å². The van der Waals surface area contributed by atoms with E-state index < -0.39 is 0 Å². The molecule has 0 aliphatic rings. The third kappa shape index (κ3) is 3.18. The van der Waals surface area contributed by atoms with E-state index >= 15 is 0 Å². The monoisotopic (exact) mass is 640 g/mol. The highest BCUT2D eigenvalue weighted by atomic mass is 32.1. The van der Waals surface area contributed by atoms with Gasteiger partial charge >= 0.3 is 0 Å². The Balaban J connectivity index is 1.37. The summed E-state index contributed by atoms with van der Waals surface area (Å²) in [7, 11) is 0. The topological polar surface area (TPSA) is 35.1 Å². The summed E-state index contributed by atoms with van der Waals surface area (Å²) in [4.78, 5) is 11.0. The van der Waals surface area contributed by atoms with Crippen molar-refractivity contribution < 1.29 is 0 Å². The predicted molar refractivity (Wildman–Crippen MR) is 207 cm³/mol. The van der Waals surface area contributed by atoms with E-state index in [2.05, 4.69) is 155 Å². The SMILES string of the molecule is c1ccc(-c2nc(-n3c4ccccc4c4c5ccccc5c5c(c6cccc7c8ccccc8n5c76)c43)nc3c2sc2ccccc23)cc1. The quantitative estimate of drug-likeness (QED) is 0.188. The first-order valence-electron chi connectivity index (χ1n) is 16.6. The molecule has 0 N–H and O–H groups in total. The van der Waals surface area contributed by atoms with Crippen LogP contribution in [0.25, 0.3) is 108 Å². The number of fused-ring (bicyclic) bond motifs is 16. The fraction of sp³-hybridized carbons (Fsp3) is 0. The Morgan fingerprint density at radius 1 is 0.429 bits per heavy atom. The maximum atomic E-state index is 5.51. The molecule has 0 fully saturated rings. The minimum absolute atomic E-state index is 0.687. The molecule has 0 aliphatic carbocycles. The van der Waals surface area contributed by atoms with Crippen LogP contribution in [-0.2, 0) is 0 Å². The van der Waals surface area contributed by atoms with Crippen LogP contribution in [-0.4, -0.2) is 18.9 Å². The second-order valence-electron chi connectivity index (χ2n) is 12.9. The predicted octanol–water partition coefficient (Wildman–Crippen LogP) is 11.9. The molecule has 49 heavy (non-hydrogen) atoms. The summed E-state index contributed by atoms with van der Waals surface area (Å²) in [6, 6.07) is 52.4. The first-order chi connectivity index (χ1) is 24.3. The van der Waals surface area contributed by atoms with Gasteiger partial charge in [0.1, 0.15) is 0 Å². The first-order valence-corrected chi connectivity index (χ1v) is 17.4. The van der Waals surface area contributed by atoms with E-state index in [0.29, 0.717) is 5.95 Å². The molecular weight excluding hydrogens is 617 g/mol. The highest BCUT2D eigenvalue weighted by Gasteiger charge is 2.27. The average molecular weight is 641 g/mol. The number of para-hydroxylation sites is 3. The van der Waals surface area contributed by atoms with E-state index in [1.54, 1.807) is 11.3 Å². The number of benzene rings is 7. The van der Waals surface area contributed by atoms with Crippen LogP contribution < -0.4 is 0 Å². The van der Waals surface area contributed by atoms with Crippen molar-refractivity contribution in [1.82, 2.24) is 18.9 Å². The molecule has 12 aromatic rings. The van der Waals surface area contributed by atoms with E-state index in [0.717, 1.165) is 37.9 Å².